The van der Waals surface area contributed by atoms with Crippen molar-refractivity contribution >= 4 is 11.6 Å². The molecule has 0 bridgehead atoms. The molecule has 0 aromatic heterocycles. The van der Waals surface area contributed by atoms with Crippen molar-refractivity contribution in [2.45, 2.75) is 26.3 Å². The highest BCUT2D eigenvalue weighted by atomic mass is 19.4. The Morgan fingerprint density at radius 2 is 2.04 bits per heavy atom. The molecule has 124 valence electrons. The molecule has 1 saturated heterocycles. The van der Waals surface area contributed by atoms with Crippen molar-refractivity contribution in [3.63, 3.8) is 0 Å². The SMILES string of the molecule is CC(C)C1=C(c2cccc(C(F)(F)F)c2)NC2NCNN2C1=O. The van der Waals surface area contributed by atoms with Gasteiger partial charge >= 0.3 is 6.18 Å². The molecule has 23 heavy (non-hydrogen) atoms. The van der Waals surface area contributed by atoms with Crippen molar-refractivity contribution in [1.82, 2.24) is 21.1 Å². The normalized spacial score (nSPS) is 21.7. The Morgan fingerprint density at radius 1 is 1.30 bits per heavy atom. The number of carbonyl (C=O) groups is 1. The van der Waals surface area contributed by atoms with Gasteiger partial charge in [0.1, 0.15) is 0 Å². The van der Waals surface area contributed by atoms with Gasteiger partial charge in [0.05, 0.1) is 17.9 Å². The van der Waals surface area contributed by atoms with Crippen LogP contribution in [0.3, 0.4) is 0 Å². The predicted octanol–water partition coefficient (Wildman–Crippen LogP) is 1.85. The van der Waals surface area contributed by atoms with Gasteiger partial charge in [0.25, 0.3) is 5.91 Å². The second-order valence-electron chi connectivity index (χ2n) is 5.78. The molecule has 3 N–H and O–H groups in total. The number of nitrogens with one attached hydrogen (secondary N) is 3. The van der Waals surface area contributed by atoms with Crippen LogP contribution in [0.2, 0.25) is 0 Å². The van der Waals surface area contributed by atoms with E-state index >= 15 is 0 Å². The number of rotatable bonds is 2. The van der Waals surface area contributed by atoms with Gasteiger partial charge in [0, 0.05) is 5.57 Å². The largest absolute Gasteiger partial charge is 0.416 e. The molecule has 1 aromatic carbocycles. The summed E-state index contributed by atoms with van der Waals surface area (Å²) >= 11 is 0. The molecule has 0 saturated carbocycles. The van der Waals surface area contributed by atoms with Gasteiger partial charge in [-0.15, -0.1) is 0 Å². The average molecular weight is 326 g/mol. The zero-order valence-corrected chi connectivity index (χ0v) is 12.7. The minimum atomic E-state index is -4.42. The lowest BCUT2D eigenvalue weighted by Gasteiger charge is -2.34. The first-order valence-corrected chi connectivity index (χ1v) is 7.28. The standard InChI is InChI=1S/C15H17F3N4O/c1-8(2)11-12(21-14-19-7-20-22(14)13(11)23)9-4-3-5-10(6-9)15(16,17)18/h3-6,8,14,19-21H,7H2,1-2H3. The van der Waals surface area contributed by atoms with Crippen LogP contribution in [0.15, 0.2) is 29.8 Å². The fourth-order valence-electron chi connectivity index (χ4n) is 2.79. The van der Waals surface area contributed by atoms with Crippen molar-refractivity contribution in [2.24, 2.45) is 5.92 Å². The van der Waals surface area contributed by atoms with Gasteiger partial charge < -0.3 is 5.32 Å². The molecule has 0 aliphatic carbocycles. The van der Waals surface area contributed by atoms with Crippen molar-refractivity contribution in [3.8, 4) is 0 Å². The Balaban J connectivity index is 2.10. The molecule has 1 aromatic rings. The van der Waals surface area contributed by atoms with Gasteiger partial charge in [-0.3, -0.25) is 10.1 Å². The molecule has 3 rings (SSSR count). The van der Waals surface area contributed by atoms with Crippen molar-refractivity contribution in [2.75, 3.05) is 6.67 Å². The highest BCUT2D eigenvalue weighted by molar-refractivity contribution is 6.02. The number of alkyl halides is 3. The summed E-state index contributed by atoms with van der Waals surface area (Å²) in [5, 5.41) is 7.56. The molecule has 1 atom stereocenters. The summed E-state index contributed by atoms with van der Waals surface area (Å²) in [5.74, 6) is -0.371. The second-order valence-corrected chi connectivity index (χ2v) is 5.78. The van der Waals surface area contributed by atoms with Crippen LogP contribution in [0.1, 0.15) is 25.0 Å². The molecule has 1 unspecified atom stereocenters. The number of hydrazine groups is 1. The van der Waals surface area contributed by atoms with E-state index in [0.29, 0.717) is 23.5 Å². The lowest BCUT2D eigenvalue weighted by Crippen LogP contribution is -2.56. The fourth-order valence-corrected chi connectivity index (χ4v) is 2.79. The highest BCUT2D eigenvalue weighted by Crippen LogP contribution is 2.33. The molecule has 8 heteroatoms. The molecular weight excluding hydrogens is 309 g/mol. The third-order valence-electron chi connectivity index (χ3n) is 3.86. The number of carbonyl (C=O) groups excluding carboxylic acids is 1. The number of fused-ring (bicyclic) bond motifs is 1. The van der Waals surface area contributed by atoms with Crippen LogP contribution >= 0.6 is 0 Å². The maximum Gasteiger partial charge on any atom is 0.416 e. The molecular formula is C15H17F3N4O. The zero-order chi connectivity index (χ0) is 16.8. The summed E-state index contributed by atoms with van der Waals surface area (Å²) in [7, 11) is 0. The van der Waals surface area contributed by atoms with E-state index in [-0.39, 0.29) is 11.8 Å². The van der Waals surface area contributed by atoms with Gasteiger partial charge in [0.15, 0.2) is 6.29 Å². The van der Waals surface area contributed by atoms with E-state index in [1.807, 2.05) is 13.8 Å². The first-order valence-electron chi connectivity index (χ1n) is 7.28. The fraction of sp³-hybridized carbons (Fsp3) is 0.400. The number of nitrogens with zero attached hydrogens (tertiary/aromatic N) is 1. The maximum atomic E-state index is 12.9. The summed E-state index contributed by atoms with van der Waals surface area (Å²) in [4.78, 5) is 12.6. The molecule has 2 aliphatic heterocycles. The Labute approximate surface area is 131 Å². The van der Waals surface area contributed by atoms with Crippen LogP contribution < -0.4 is 16.1 Å². The van der Waals surface area contributed by atoms with E-state index < -0.39 is 18.0 Å². The monoisotopic (exact) mass is 326 g/mol. The predicted molar refractivity (Wildman–Crippen MR) is 78.1 cm³/mol. The lowest BCUT2D eigenvalue weighted by molar-refractivity contribution is -0.137. The molecule has 2 aliphatic rings. The Hall–Kier alpha value is -2.06. The van der Waals surface area contributed by atoms with Crippen LogP contribution in [-0.4, -0.2) is 23.9 Å². The van der Waals surface area contributed by atoms with E-state index in [9.17, 15) is 18.0 Å². The van der Waals surface area contributed by atoms with E-state index in [4.69, 9.17) is 0 Å². The summed E-state index contributed by atoms with van der Waals surface area (Å²) in [6.07, 6.45) is -4.90. The van der Waals surface area contributed by atoms with Crippen molar-refractivity contribution in [3.05, 3.63) is 41.0 Å². The van der Waals surface area contributed by atoms with Crippen LogP contribution in [0.25, 0.3) is 5.70 Å². The van der Waals surface area contributed by atoms with Gasteiger partial charge in [-0.2, -0.15) is 13.2 Å². The number of benzene rings is 1. The van der Waals surface area contributed by atoms with Crippen LogP contribution in [0.5, 0.6) is 0 Å². The molecule has 0 spiro atoms. The van der Waals surface area contributed by atoms with Crippen LogP contribution in [-0.2, 0) is 11.0 Å². The quantitative estimate of drug-likeness (QED) is 0.776. The third kappa shape index (κ3) is 2.79. The minimum absolute atomic E-state index is 0.136. The minimum Gasteiger partial charge on any atom is -0.351 e. The maximum absolute atomic E-state index is 12.9. The first-order chi connectivity index (χ1) is 10.8. The van der Waals surface area contributed by atoms with E-state index in [1.54, 1.807) is 6.07 Å². The van der Waals surface area contributed by atoms with E-state index in [0.717, 1.165) is 12.1 Å². The Morgan fingerprint density at radius 3 is 2.70 bits per heavy atom. The summed E-state index contributed by atoms with van der Waals surface area (Å²) in [5.41, 5.74) is 3.41. The topological polar surface area (TPSA) is 56.4 Å². The number of hydrogen-bond acceptors (Lipinski definition) is 4. The van der Waals surface area contributed by atoms with E-state index in [2.05, 4.69) is 16.1 Å². The summed E-state index contributed by atoms with van der Waals surface area (Å²) in [6.45, 7) is 4.09. The van der Waals surface area contributed by atoms with Crippen LogP contribution in [0.4, 0.5) is 13.2 Å². The first kappa shape index (κ1) is 15.8. The number of amides is 1. The third-order valence-corrected chi connectivity index (χ3v) is 3.86. The smallest absolute Gasteiger partial charge is 0.351 e. The van der Waals surface area contributed by atoms with Gasteiger partial charge in [-0.25, -0.2) is 10.4 Å². The second kappa shape index (κ2) is 5.54. The Kier molecular flexibility index (Phi) is 3.81. The van der Waals surface area contributed by atoms with Gasteiger partial charge in [-0.1, -0.05) is 26.0 Å². The molecule has 1 amide bonds. The van der Waals surface area contributed by atoms with Crippen LogP contribution in [0, 0.1) is 5.92 Å². The summed E-state index contributed by atoms with van der Waals surface area (Å²) < 4.78 is 38.8. The van der Waals surface area contributed by atoms with E-state index in [1.165, 1.54) is 11.1 Å². The van der Waals surface area contributed by atoms with Crippen molar-refractivity contribution in [1.29, 1.82) is 0 Å². The van der Waals surface area contributed by atoms with Gasteiger partial charge in [0.2, 0.25) is 0 Å². The van der Waals surface area contributed by atoms with Crippen molar-refractivity contribution < 1.29 is 18.0 Å². The Bertz CT molecular complexity index is 669. The number of hydrogen-bond donors (Lipinski definition) is 3. The lowest BCUT2D eigenvalue weighted by atomic mass is 9.94. The average Bonchev–Trinajstić information content (AvgIpc) is 2.94. The molecule has 2 heterocycles. The van der Waals surface area contributed by atoms with Gasteiger partial charge in [-0.05, 0) is 23.6 Å². The zero-order valence-electron chi connectivity index (χ0n) is 12.7. The summed E-state index contributed by atoms with van der Waals surface area (Å²) in [6, 6.07) is 5.01. The molecule has 5 nitrogen and oxygen atoms in total. The molecule has 1 fully saturated rings. The molecule has 0 radical (unpaired) electrons. The highest BCUT2D eigenvalue weighted by Gasteiger charge is 2.39. The number of halogens is 3.